The molecule has 0 unspecified atom stereocenters. The molecule has 4 heteroatoms. The molecule has 3 aromatic rings. The lowest BCUT2D eigenvalue weighted by molar-refractivity contribution is 0.326. The Hall–Kier alpha value is -2.59. The molecule has 1 aromatic heterocycles. The van der Waals surface area contributed by atoms with Crippen molar-refractivity contribution in [3.05, 3.63) is 101 Å². The van der Waals surface area contributed by atoms with Crippen molar-refractivity contribution < 1.29 is 8.78 Å². The molecular formula is C23H24F2N2. The predicted octanol–water partition coefficient (Wildman–Crippen LogP) is 5.06. The average Bonchev–Trinajstić information content (AvgIpc) is 2.70. The van der Waals surface area contributed by atoms with Crippen LogP contribution in [0, 0.1) is 11.6 Å². The first-order chi connectivity index (χ1) is 13.1. The fourth-order valence-corrected chi connectivity index (χ4v) is 3.23. The molecule has 0 bridgehead atoms. The molecule has 27 heavy (non-hydrogen) atoms. The van der Waals surface area contributed by atoms with Crippen LogP contribution < -0.4 is 0 Å². The Bertz CT molecular complexity index is 772. The third-order valence-electron chi connectivity index (χ3n) is 4.82. The van der Waals surface area contributed by atoms with E-state index in [4.69, 9.17) is 0 Å². The molecule has 0 atom stereocenters. The average molecular weight is 366 g/mol. The fraction of sp³-hybridized carbons (Fsp3) is 0.261. The first-order valence-corrected chi connectivity index (χ1v) is 9.21. The summed E-state index contributed by atoms with van der Waals surface area (Å²) in [4.78, 5) is 6.63. The van der Waals surface area contributed by atoms with Gasteiger partial charge in [-0.25, -0.2) is 8.78 Å². The number of halogens is 2. The van der Waals surface area contributed by atoms with Crippen LogP contribution >= 0.6 is 0 Å². The predicted molar refractivity (Wildman–Crippen MR) is 105 cm³/mol. The molecule has 0 fully saturated rings. The van der Waals surface area contributed by atoms with E-state index in [1.165, 1.54) is 24.3 Å². The van der Waals surface area contributed by atoms with Gasteiger partial charge < -0.3 is 4.90 Å². The number of likely N-dealkylation sites (N-methyl/N-ethyl adjacent to an activating group) is 1. The van der Waals surface area contributed by atoms with Crippen molar-refractivity contribution in [2.24, 2.45) is 0 Å². The Morgan fingerprint density at radius 1 is 0.815 bits per heavy atom. The highest BCUT2D eigenvalue weighted by atomic mass is 19.1. The highest BCUT2D eigenvalue weighted by Crippen LogP contribution is 2.28. The highest BCUT2D eigenvalue weighted by molar-refractivity contribution is 5.32. The van der Waals surface area contributed by atoms with Gasteiger partial charge in [-0.05, 0) is 67.5 Å². The number of hydrogen-bond donors (Lipinski definition) is 0. The quantitative estimate of drug-likeness (QED) is 0.554. The summed E-state index contributed by atoms with van der Waals surface area (Å²) in [6.45, 7) is 1.79. The van der Waals surface area contributed by atoms with Gasteiger partial charge in [-0.2, -0.15) is 0 Å². The van der Waals surface area contributed by atoms with Crippen molar-refractivity contribution in [1.29, 1.82) is 0 Å². The van der Waals surface area contributed by atoms with Gasteiger partial charge in [0.15, 0.2) is 0 Å². The summed E-state index contributed by atoms with van der Waals surface area (Å²) >= 11 is 0. The molecule has 140 valence electrons. The van der Waals surface area contributed by atoms with Gasteiger partial charge in [0.1, 0.15) is 11.6 Å². The molecule has 0 radical (unpaired) electrons. The van der Waals surface area contributed by atoms with Gasteiger partial charge in [-0.3, -0.25) is 4.98 Å². The van der Waals surface area contributed by atoms with Gasteiger partial charge in [-0.15, -0.1) is 0 Å². The zero-order valence-electron chi connectivity index (χ0n) is 15.5. The second-order valence-corrected chi connectivity index (χ2v) is 6.82. The Labute approximate surface area is 159 Å². The van der Waals surface area contributed by atoms with Crippen LogP contribution in [-0.2, 0) is 6.42 Å². The zero-order chi connectivity index (χ0) is 19.1. The van der Waals surface area contributed by atoms with E-state index in [0.29, 0.717) is 0 Å². The van der Waals surface area contributed by atoms with Crippen molar-refractivity contribution in [1.82, 2.24) is 9.88 Å². The summed E-state index contributed by atoms with van der Waals surface area (Å²) in [6, 6.07) is 19.2. The highest BCUT2D eigenvalue weighted by Gasteiger charge is 2.15. The van der Waals surface area contributed by atoms with Crippen LogP contribution in [0.5, 0.6) is 0 Å². The third kappa shape index (κ3) is 5.69. The van der Waals surface area contributed by atoms with Crippen molar-refractivity contribution >= 4 is 0 Å². The Morgan fingerprint density at radius 3 is 1.93 bits per heavy atom. The van der Waals surface area contributed by atoms with Crippen LogP contribution in [0.15, 0.2) is 72.9 Å². The van der Waals surface area contributed by atoms with Gasteiger partial charge in [0.05, 0.1) is 0 Å². The van der Waals surface area contributed by atoms with Crippen molar-refractivity contribution in [2.45, 2.75) is 18.8 Å². The van der Waals surface area contributed by atoms with E-state index in [9.17, 15) is 8.78 Å². The monoisotopic (exact) mass is 366 g/mol. The number of aromatic nitrogens is 1. The Balaban J connectivity index is 1.66. The van der Waals surface area contributed by atoms with Gasteiger partial charge >= 0.3 is 0 Å². The molecule has 2 aromatic carbocycles. The van der Waals surface area contributed by atoms with Gasteiger partial charge in [0.25, 0.3) is 0 Å². The SMILES string of the molecule is CN(CCc1ccccn1)CCC(c1ccc(F)cc1)c1ccc(F)cc1. The molecule has 0 saturated heterocycles. The van der Waals surface area contributed by atoms with Crippen LogP contribution in [-0.4, -0.2) is 30.0 Å². The van der Waals surface area contributed by atoms with Gasteiger partial charge in [0, 0.05) is 30.8 Å². The van der Waals surface area contributed by atoms with Gasteiger partial charge in [0.2, 0.25) is 0 Å². The number of rotatable bonds is 8. The smallest absolute Gasteiger partial charge is 0.123 e. The number of hydrogen-bond acceptors (Lipinski definition) is 2. The Morgan fingerprint density at radius 2 is 1.41 bits per heavy atom. The molecule has 0 aliphatic rings. The summed E-state index contributed by atoms with van der Waals surface area (Å²) < 4.78 is 26.6. The molecule has 2 nitrogen and oxygen atoms in total. The third-order valence-corrected chi connectivity index (χ3v) is 4.82. The van der Waals surface area contributed by atoms with E-state index in [-0.39, 0.29) is 17.6 Å². The summed E-state index contributed by atoms with van der Waals surface area (Å²) in [6.07, 6.45) is 3.58. The summed E-state index contributed by atoms with van der Waals surface area (Å²) in [5.74, 6) is -0.392. The van der Waals surface area contributed by atoms with Crippen LogP contribution in [0.2, 0.25) is 0 Å². The van der Waals surface area contributed by atoms with E-state index >= 15 is 0 Å². The molecule has 0 saturated carbocycles. The number of benzene rings is 2. The molecule has 1 heterocycles. The number of pyridine rings is 1. The minimum Gasteiger partial charge on any atom is -0.306 e. The first kappa shape index (κ1) is 19.2. The summed E-state index contributed by atoms with van der Waals surface area (Å²) in [5.41, 5.74) is 3.17. The number of nitrogens with zero attached hydrogens (tertiary/aromatic N) is 2. The lowest BCUT2D eigenvalue weighted by atomic mass is 9.88. The molecule has 0 aliphatic carbocycles. The molecule has 3 rings (SSSR count). The van der Waals surface area contributed by atoms with Gasteiger partial charge in [-0.1, -0.05) is 30.3 Å². The van der Waals surface area contributed by atoms with Crippen molar-refractivity contribution in [3.63, 3.8) is 0 Å². The van der Waals surface area contributed by atoms with Crippen LogP contribution in [0.1, 0.15) is 29.2 Å². The fourth-order valence-electron chi connectivity index (χ4n) is 3.23. The topological polar surface area (TPSA) is 16.1 Å². The first-order valence-electron chi connectivity index (χ1n) is 9.21. The lowest BCUT2D eigenvalue weighted by Crippen LogP contribution is -2.24. The second-order valence-electron chi connectivity index (χ2n) is 6.82. The standard InChI is InChI=1S/C23H24F2N2/c1-27(16-13-22-4-2-3-15-26-22)17-14-23(18-5-9-20(24)10-6-18)19-7-11-21(25)12-8-19/h2-12,15,23H,13-14,16-17H2,1H3. The maximum absolute atomic E-state index is 13.3. The van der Waals surface area contributed by atoms with Crippen LogP contribution in [0.25, 0.3) is 0 Å². The molecule has 0 aliphatic heterocycles. The van der Waals surface area contributed by atoms with Crippen molar-refractivity contribution in [2.75, 3.05) is 20.1 Å². The van der Waals surface area contributed by atoms with Crippen LogP contribution in [0.3, 0.4) is 0 Å². The zero-order valence-corrected chi connectivity index (χ0v) is 15.5. The summed E-state index contributed by atoms with van der Waals surface area (Å²) in [7, 11) is 2.09. The van der Waals surface area contributed by atoms with Crippen LogP contribution in [0.4, 0.5) is 8.78 Å². The second kappa shape index (κ2) is 9.38. The lowest BCUT2D eigenvalue weighted by Gasteiger charge is -2.22. The van der Waals surface area contributed by atoms with E-state index in [2.05, 4.69) is 16.9 Å². The molecule has 0 amide bonds. The maximum atomic E-state index is 13.3. The van der Waals surface area contributed by atoms with E-state index in [1.54, 1.807) is 0 Å². The largest absolute Gasteiger partial charge is 0.306 e. The summed E-state index contributed by atoms with van der Waals surface area (Å²) in [5, 5.41) is 0. The van der Waals surface area contributed by atoms with Crippen molar-refractivity contribution in [3.8, 4) is 0 Å². The van der Waals surface area contributed by atoms with E-state index in [1.807, 2.05) is 48.7 Å². The molecule has 0 N–H and O–H groups in total. The molecular weight excluding hydrogens is 342 g/mol. The minimum absolute atomic E-state index is 0.100. The maximum Gasteiger partial charge on any atom is 0.123 e. The van der Waals surface area contributed by atoms with E-state index in [0.717, 1.165) is 42.8 Å². The Kier molecular flexibility index (Phi) is 6.66. The normalized spacial score (nSPS) is 11.3. The van der Waals surface area contributed by atoms with E-state index < -0.39 is 0 Å². The minimum atomic E-state index is -0.246. The molecule has 0 spiro atoms.